The van der Waals surface area contributed by atoms with Gasteiger partial charge >= 0.3 is 0 Å². The first-order chi connectivity index (χ1) is 15.8. The summed E-state index contributed by atoms with van der Waals surface area (Å²) >= 11 is 3.62. The van der Waals surface area contributed by atoms with Gasteiger partial charge in [0.1, 0.15) is 12.4 Å². The molecule has 0 unspecified atom stereocenters. The van der Waals surface area contributed by atoms with Gasteiger partial charge in [-0.2, -0.15) is 5.26 Å². The van der Waals surface area contributed by atoms with Gasteiger partial charge in [0.2, 0.25) is 0 Å². The summed E-state index contributed by atoms with van der Waals surface area (Å²) in [5.41, 5.74) is 11.2. The van der Waals surface area contributed by atoms with E-state index in [0.29, 0.717) is 46.0 Å². The third kappa shape index (κ3) is 4.23. The van der Waals surface area contributed by atoms with Crippen LogP contribution in [0.1, 0.15) is 41.9 Å². The molecule has 2 aliphatic rings. The number of ketones is 1. The number of Topliss-reactive ketones (excluding diaryl/α,β-unsaturated/α-hetero) is 1. The summed E-state index contributed by atoms with van der Waals surface area (Å²) in [6.45, 7) is 2.42. The number of nitrogens with two attached hydrogens (primary N) is 1. The second-order valence-corrected chi connectivity index (χ2v) is 9.20. The van der Waals surface area contributed by atoms with E-state index in [2.05, 4.69) is 22.0 Å². The van der Waals surface area contributed by atoms with Gasteiger partial charge in [-0.1, -0.05) is 29.8 Å². The molecule has 7 heteroatoms. The molecule has 0 saturated heterocycles. The molecule has 2 aromatic rings. The summed E-state index contributed by atoms with van der Waals surface area (Å²) in [4.78, 5) is 14.8. The van der Waals surface area contributed by atoms with E-state index in [1.807, 2.05) is 50.4 Å². The molecule has 0 saturated carbocycles. The van der Waals surface area contributed by atoms with Crippen molar-refractivity contribution in [1.29, 1.82) is 5.26 Å². The Kier molecular flexibility index (Phi) is 6.48. The van der Waals surface area contributed by atoms with Gasteiger partial charge in [0, 0.05) is 24.7 Å². The lowest BCUT2D eigenvalue weighted by Crippen LogP contribution is -2.36. The number of methoxy groups -OCH3 is 1. The van der Waals surface area contributed by atoms with E-state index in [9.17, 15) is 10.1 Å². The summed E-state index contributed by atoms with van der Waals surface area (Å²) in [6, 6.07) is 14.1. The highest BCUT2D eigenvalue weighted by molar-refractivity contribution is 9.10. The van der Waals surface area contributed by atoms with E-state index >= 15 is 0 Å². The fraction of sp³-hybridized carbons (Fsp3) is 0.308. The zero-order valence-electron chi connectivity index (χ0n) is 18.9. The molecular formula is C26H26BrN3O3. The van der Waals surface area contributed by atoms with Gasteiger partial charge in [-0.05, 0) is 59.0 Å². The number of rotatable bonds is 5. The van der Waals surface area contributed by atoms with E-state index in [1.165, 1.54) is 5.56 Å². The van der Waals surface area contributed by atoms with E-state index < -0.39 is 5.92 Å². The maximum absolute atomic E-state index is 13.0. The smallest absolute Gasteiger partial charge is 0.175 e. The molecule has 33 heavy (non-hydrogen) atoms. The molecule has 0 amide bonds. The zero-order valence-corrected chi connectivity index (χ0v) is 20.5. The summed E-state index contributed by atoms with van der Waals surface area (Å²) in [6.07, 6.45) is 2.00. The highest BCUT2D eigenvalue weighted by Gasteiger charge is 2.39. The minimum atomic E-state index is -0.537. The van der Waals surface area contributed by atoms with Crippen LogP contribution in [0.2, 0.25) is 0 Å². The van der Waals surface area contributed by atoms with Crippen LogP contribution in [-0.2, 0) is 11.4 Å². The highest BCUT2D eigenvalue weighted by atomic mass is 79.9. The number of nitrogens with zero attached hydrogens (tertiary/aromatic N) is 2. The molecule has 2 N–H and O–H groups in total. The zero-order chi connectivity index (χ0) is 23.7. The minimum Gasteiger partial charge on any atom is -0.493 e. The average molecular weight is 508 g/mol. The van der Waals surface area contributed by atoms with Crippen LogP contribution in [0.25, 0.3) is 0 Å². The van der Waals surface area contributed by atoms with Gasteiger partial charge in [0.25, 0.3) is 0 Å². The molecule has 0 radical (unpaired) electrons. The number of carbonyl (C=O) groups is 1. The Hall–Kier alpha value is -3.24. The third-order valence-electron chi connectivity index (χ3n) is 6.26. The number of hydrogen-bond acceptors (Lipinski definition) is 6. The molecular weight excluding hydrogens is 482 g/mol. The fourth-order valence-corrected chi connectivity index (χ4v) is 5.06. The van der Waals surface area contributed by atoms with Gasteiger partial charge in [0.05, 0.1) is 29.1 Å². The Bertz CT molecular complexity index is 1210. The average Bonchev–Trinajstić information content (AvgIpc) is 2.81. The monoisotopic (exact) mass is 507 g/mol. The molecule has 0 aromatic heterocycles. The van der Waals surface area contributed by atoms with Gasteiger partial charge < -0.3 is 20.1 Å². The first-order valence-corrected chi connectivity index (χ1v) is 11.6. The number of carbonyl (C=O) groups excluding carboxylic acids is 1. The Morgan fingerprint density at radius 1 is 1.24 bits per heavy atom. The van der Waals surface area contributed by atoms with Crippen molar-refractivity contribution >= 4 is 21.7 Å². The fourth-order valence-electron chi connectivity index (χ4n) is 4.48. The van der Waals surface area contributed by atoms with Crippen LogP contribution in [0.15, 0.2) is 63.5 Å². The Morgan fingerprint density at radius 2 is 1.97 bits per heavy atom. The van der Waals surface area contributed by atoms with Crippen LogP contribution < -0.4 is 15.2 Å². The lowest BCUT2D eigenvalue weighted by molar-refractivity contribution is -0.116. The van der Waals surface area contributed by atoms with Crippen LogP contribution in [0.5, 0.6) is 11.5 Å². The quantitative estimate of drug-likeness (QED) is 0.607. The Balaban J connectivity index is 1.75. The van der Waals surface area contributed by atoms with E-state index in [4.69, 9.17) is 15.2 Å². The molecule has 0 fully saturated rings. The molecule has 1 heterocycles. The summed E-state index contributed by atoms with van der Waals surface area (Å²) in [7, 11) is 3.39. The highest BCUT2D eigenvalue weighted by Crippen LogP contribution is 2.47. The number of halogens is 1. The Labute approximate surface area is 202 Å². The van der Waals surface area contributed by atoms with E-state index in [-0.39, 0.29) is 5.78 Å². The van der Waals surface area contributed by atoms with Crippen molar-refractivity contribution in [2.45, 2.75) is 38.7 Å². The maximum Gasteiger partial charge on any atom is 0.175 e. The summed E-state index contributed by atoms with van der Waals surface area (Å²) in [5, 5.41) is 9.95. The van der Waals surface area contributed by atoms with Crippen molar-refractivity contribution in [2.24, 2.45) is 5.73 Å². The molecule has 0 spiro atoms. The van der Waals surface area contributed by atoms with Gasteiger partial charge in [-0.3, -0.25) is 4.79 Å². The van der Waals surface area contributed by atoms with Crippen molar-refractivity contribution in [3.63, 3.8) is 0 Å². The van der Waals surface area contributed by atoms with Gasteiger partial charge in [-0.15, -0.1) is 0 Å². The first kappa shape index (κ1) is 22.9. The minimum absolute atomic E-state index is 0.0585. The lowest BCUT2D eigenvalue weighted by Gasteiger charge is -2.37. The largest absolute Gasteiger partial charge is 0.493 e. The predicted molar refractivity (Wildman–Crippen MR) is 129 cm³/mol. The van der Waals surface area contributed by atoms with Gasteiger partial charge in [0.15, 0.2) is 17.3 Å². The van der Waals surface area contributed by atoms with E-state index in [1.54, 1.807) is 12.0 Å². The van der Waals surface area contributed by atoms with Crippen molar-refractivity contribution in [3.8, 4) is 17.6 Å². The molecule has 6 nitrogen and oxygen atoms in total. The second-order valence-electron chi connectivity index (χ2n) is 8.35. The molecule has 1 aliphatic carbocycles. The predicted octanol–water partition coefficient (Wildman–Crippen LogP) is 5.08. The van der Waals surface area contributed by atoms with E-state index in [0.717, 1.165) is 29.7 Å². The molecule has 0 bridgehead atoms. The number of benzene rings is 2. The normalized spacial score (nSPS) is 18.2. The number of hydrogen-bond donors (Lipinski definition) is 1. The topological polar surface area (TPSA) is 88.6 Å². The van der Waals surface area contributed by atoms with Crippen molar-refractivity contribution in [1.82, 2.24) is 4.90 Å². The molecule has 1 aliphatic heterocycles. The molecule has 1 atom stereocenters. The first-order valence-electron chi connectivity index (χ1n) is 10.8. The van der Waals surface area contributed by atoms with Crippen LogP contribution in [0, 0.1) is 18.3 Å². The number of aryl methyl sites for hydroxylation is 1. The molecule has 2 aromatic carbocycles. The van der Waals surface area contributed by atoms with Crippen molar-refractivity contribution in [2.75, 3.05) is 14.2 Å². The Morgan fingerprint density at radius 3 is 2.64 bits per heavy atom. The standard InChI is InChI=1S/C26H26BrN3O3/c1-15-7-9-16(10-8-15)14-33-25-19(27)11-17(12-22(25)32-3)23-18(13-28)26(29)30(2)20-5-4-6-21(31)24(20)23/h7-12,23H,4-6,14,29H2,1-3H3/t23-/m0/s1. The lowest BCUT2D eigenvalue weighted by atomic mass is 9.76. The van der Waals surface area contributed by atoms with Gasteiger partial charge in [-0.25, -0.2) is 0 Å². The second kappa shape index (κ2) is 9.32. The van der Waals surface area contributed by atoms with Crippen molar-refractivity contribution in [3.05, 3.63) is 80.2 Å². The van der Waals surface area contributed by atoms with Crippen LogP contribution >= 0.6 is 15.9 Å². The maximum atomic E-state index is 13.0. The molecule has 170 valence electrons. The van der Waals surface area contributed by atoms with Crippen LogP contribution in [-0.4, -0.2) is 24.8 Å². The third-order valence-corrected chi connectivity index (χ3v) is 6.85. The summed E-state index contributed by atoms with van der Waals surface area (Å²) < 4.78 is 12.4. The van der Waals surface area contributed by atoms with Crippen molar-refractivity contribution < 1.29 is 14.3 Å². The van der Waals surface area contributed by atoms with Crippen LogP contribution in [0.4, 0.5) is 0 Å². The number of allylic oxidation sites excluding steroid dienone is 3. The summed E-state index contributed by atoms with van der Waals surface area (Å²) in [5.74, 6) is 0.986. The van der Waals surface area contributed by atoms with Crippen LogP contribution in [0.3, 0.4) is 0 Å². The number of nitriles is 1. The molecule has 4 rings (SSSR count). The SMILES string of the molecule is COc1cc([C@H]2C(C#N)=C(N)N(C)C3=C2C(=O)CCC3)cc(Br)c1OCc1ccc(C)cc1. The number of ether oxygens (including phenoxy) is 2.